The first-order chi connectivity index (χ1) is 10.1. The maximum Gasteiger partial charge on any atom is 0.430 e. The fraction of sp³-hybridized carbons (Fsp3) is 0.308. The molecule has 1 aliphatic rings. The van der Waals surface area contributed by atoms with Gasteiger partial charge in [0.25, 0.3) is 0 Å². The van der Waals surface area contributed by atoms with Gasteiger partial charge in [0.2, 0.25) is 6.10 Å². The quantitative estimate of drug-likeness (QED) is 0.549. The van der Waals surface area contributed by atoms with Gasteiger partial charge in [-0.1, -0.05) is 34.8 Å². The van der Waals surface area contributed by atoms with E-state index in [-0.39, 0.29) is 21.4 Å². The van der Waals surface area contributed by atoms with Gasteiger partial charge in [0, 0.05) is 10.6 Å². The topological polar surface area (TPSA) is 35.5 Å². The Morgan fingerprint density at radius 1 is 1.36 bits per heavy atom. The van der Waals surface area contributed by atoms with Gasteiger partial charge in [0.15, 0.2) is 5.56 Å². The minimum absolute atomic E-state index is 0.0915. The highest BCUT2D eigenvalue weighted by Gasteiger charge is 2.49. The Hall–Kier alpha value is -1.11. The first-order valence-electron chi connectivity index (χ1n) is 5.88. The third-order valence-corrected chi connectivity index (χ3v) is 3.26. The van der Waals surface area contributed by atoms with Crippen LogP contribution in [0.15, 0.2) is 17.7 Å². The lowest BCUT2D eigenvalue weighted by atomic mass is 10.0. The van der Waals surface area contributed by atoms with Crippen molar-refractivity contribution in [1.29, 1.82) is 0 Å². The van der Waals surface area contributed by atoms with Crippen molar-refractivity contribution < 1.29 is 27.4 Å². The van der Waals surface area contributed by atoms with Gasteiger partial charge in [-0.15, -0.1) is 0 Å². The highest BCUT2D eigenvalue weighted by Crippen LogP contribution is 2.42. The fourth-order valence-electron chi connectivity index (χ4n) is 1.86. The SMILES string of the molecule is CC(Cl)OC(=O)C1=Cc2cc(Cl)cc(Cl)c2OC1C(F)(F)F. The van der Waals surface area contributed by atoms with Crippen LogP contribution in [0.2, 0.25) is 10.0 Å². The number of hydrogen-bond acceptors (Lipinski definition) is 3. The highest BCUT2D eigenvalue weighted by molar-refractivity contribution is 6.36. The molecule has 0 aromatic heterocycles. The van der Waals surface area contributed by atoms with Crippen molar-refractivity contribution in [1.82, 2.24) is 0 Å². The summed E-state index contributed by atoms with van der Waals surface area (Å²) in [6.07, 6.45) is -6.35. The second-order valence-corrected chi connectivity index (χ2v) is 5.85. The minimum Gasteiger partial charge on any atom is -0.474 e. The van der Waals surface area contributed by atoms with Crippen molar-refractivity contribution in [2.75, 3.05) is 0 Å². The van der Waals surface area contributed by atoms with Gasteiger partial charge in [-0.3, -0.25) is 0 Å². The van der Waals surface area contributed by atoms with Gasteiger partial charge < -0.3 is 9.47 Å². The first-order valence-corrected chi connectivity index (χ1v) is 7.08. The molecule has 3 nitrogen and oxygen atoms in total. The van der Waals surface area contributed by atoms with Crippen molar-refractivity contribution in [3.05, 3.63) is 33.3 Å². The largest absolute Gasteiger partial charge is 0.474 e. The number of hydrogen-bond donors (Lipinski definition) is 0. The molecule has 120 valence electrons. The molecule has 9 heteroatoms. The number of esters is 1. The summed E-state index contributed by atoms with van der Waals surface area (Å²) >= 11 is 17.1. The minimum atomic E-state index is -4.83. The summed E-state index contributed by atoms with van der Waals surface area (Å²) in [5, 5.41) is 0.0959. The van der Waals surface area contributed by atoms with Crippen LogP contribution in [0.4, 0.5) is 13.2 Å². The Balaban J connectivity index is 2.53. The van der Waals surface area contributed by atoms with E-state index in [2.05, 4.69) is 4.74 Å². The molecule has 22 heavy (non-hydrogen) atoms. The summed E-state index contributed by atoms with van der Waals surface area (Å²) in [7, 11) is 0. The van der Waals surface area contributed by atoms with Crippen LogP contribution in [0.25, 0.3) is 6.08 Å². The predicted molar refractivity (Wildman–Crippen MR) is 76.3 cm³/mol. The number of benzene rings is 1. The summed E-state index contributed by atoms with van der Waals surface area (Å²) in [4.78, 5) is 11.8. The molecular weight excluding hydrogens is 367 g/mol. The Kier molecular flexibility index (Phi) is 4.84. The average molecular weight is 376 g/mol. The number of ether oxygens (including phenoxy) is 2. The number of rotatable bonds is 2. The zero-order valence-corrected chi connectivity index (χ0v) is 13.1. The van der Waals surface area contributed by atoms with Crippen molar-refractivity contribution in [3.63, 3.8) is 0 Å². The molecule has 1 aromatic rings. The molecule has 1 aliphatic heterocycles. The van der Waals surface area contributed by atoms with Crippen molar-refractivity contribution in [2.24, 2.45) is 0 Å². The zero-order valence-electron chi connectivity index (χ0n) is 10.9. The van der Waals surface area contributed by atoms with Crippen LogP contribution in [0, 0.1) is 0 Å². The van der Waals surface area contributed by atoms with Crippen LogP contribution in [0.5, 0.6) is 5.75 Å². The average Bonchev–Trinajstić information content (AvgIpc) is 2.35. The Bertz CT molecular complexity index is 641. The summed E-state index contributed by atoms with van der Waals surface area (Å²) in [6, 6.07) is 2.57. The van der Waals surface area contributed by atoms with Gasteiger partial charge in [-0.25, -0.2) is 4.79 Å². The predicted octanol–water partition coefficient (Wildman–Crippen LogP) is 4.83. The second-order valence-electron chi connectivity index (χ2n) is 4.39. The number of carbonyl (C=O) groups excluding carboxylic acids is 1. The summed E-state index contributed by atoms with van der Waals surface area (Å²) in [6.45, 7) is 1.30. The molecular formula is C13H8Cl3F3O3. The highest BCUT2D eigenvalue weighted by atomic mass is 35.5. The van der Waals surface area contributed by atoms with Gasteiger partial charge in [-0.2, -0.15) is 13.2 Å². The summed E-state index contributed by atoms with van der Waals surface area (Å²) in [5.74, 6) is -1.43. The van der Waals surface area contributed by atoms with Crippen LogP contribution in [0.1, 0.15) is 12.5 Å². The van der Waals surface area contributed by atoms with Crippen LogP contribution >= 0.6 is 34.8 Å². The molecule has 1 heterocycles. The van der Waals surface area contributed by atoms with E-state index in [4.69, 9.17) is 39.5 Å². The van der Waals surface area contributed by atoms with Gasteiger partial charge in [-0.05, 0) is 25.1 Å². The van der Waals surface area contributed by atoms with Gasteiger partial charge in [0.05, 0.1) is 10.6 Å². The lowest BCUT2D eigenvalue weighted by molar-refractivity contribution is -0.188. The van der Waals surface area contributed by atoms with Gasteiger partial charge >= 0.3 is 12.1 Å². The molecule has 0 aliphatic carbocycles. The molecule has 0 spiro atoms. The molecule has 0 saturated heterocycles. The van der Waals surface area contributed by atoms with E-state index in [1.807, 2.05) is 0 Å². The van der Waals surface area contributed by atoms with Gasteiger partial charge in [0.1, 0.15) is 5.75 Å². The van der Waals surface area contributed by atoms with Crippen LogP contribution in [-0.4, -0.2) is 23.8 Å². The lowest BCUT2D eigenvalue weighted by Gasteiger charge is -2.28. The number of fused-ring (bicyclic) bond motifs is 1. The van der Waals surface area contributed by atoms with E-state index in [9.17, 15) is 18.0 Å². The van der Waals surface area contributed by atoms with E-state index < -0.39 is 29.4 Å². The normalized spacial score (nSPS) is 18.9. The number of halogens is 6. The lowest BCUT2D eigenvalue weighted by Crippen LogP contribution is -2.41. The second kappa shape index (κ2) is 6.18. The zero-order chi connectivity index (χ0) is 16.7. The molecule has 0 N–H and O–H groups in total. The summed E-state index contributed by atoms with van der Waals surface area (Å²) < 4.78 is 48.8. The van der Waals surface area contributed by atoms with E-state index >= 15 is 0 Å². The molecule has 2 atom stereocenters. The Morgan fingerprint density at radius 2 is 2.00 bits per heavy atom. The monoisotopic (exact) mass is 374 g/mol. The van der Waals surface area contributed by atoms with Crippen molar-refractivity contribution in [2.45, 2.75) is 24.8 Å². The maximum atomic E-state index is 13.1. The van der Waals surface area contributed by atoms with Crippen LogP contribution in [0.3, 0.4) is 0 Å². The van der Waals surface area contributed by atoms with E-state index in [1.54, 1.807) is 0 Å². The molecule has 0 radical (unpaired) electrons. The standard InChI is InChI=1S/C13H8Cl3F3O3/c1-5(14)21-12(20)8-3-6-2-7(15)4-9(16)10(6)22-11(8)13(17,18)19/h2-5,11H,1H3. The third kappa shape index (κ3) is 3.62. The van der Waals surface area contributed by atoms with Crippen LogP contribution < -0.4 is 4.74 Å². The molecule has 2 unspecified atom stereocenters. The molecule has 0 bridgehead atoms. The Labute approximate surface area is 138 Å². The molecule has 0 saturated carbocycles. The summed E-state index contributed by atoms with van der Waals surface area (Å²) in [5.41, 5.74) is -1.68. The van der Waals surface area contributed by atoms with Crippen molar-refractivity contribution >= 4 is 46.8 Å². The van der Waals surface area contributed by atoms with E-state index in [0.717, 1.165) is 6.08 Å². The number of carbonyl (C=O) groups is 1. The van der Waals surface area contributed by atoms with Crippen molar-refractivity contribution in [3.8, 4) is 5.75 Å². The van der Waals surface area contributed by atoms with E-state index in [0.29, 0.717) is 0 Å². The third-order valence-electron chi connectivity index (χ3n) is 2.67. The molecule has 2 rings (SSSR count). The molecule has 0 fully saturated rings. The molecule has 0 amide bonds. The van der Waals surface area contributed by atoms with E-state index in [1.165, 1.54) is 19.1 Å². The smallest absolute Gasteiger partial charge is 0.430 e. The molecule has 1 aromatic carbocycles. The first kappa shape index (κ1) is 17.2. The maximum absolute atomic E-state index is 13.1. The number of alkyl halides is 4. The fourth-order valence-corrected chi connectivity index (χ4v) is 2.50. The van der Waals surface area contributed by atoms with Crippen LogP contribution in [-0.2, 0) is 9.53 Å². The Morgan fingerprint density at radius 3 is 2.55 bits per heavy atom.